The summed E-state index contributed by atoms with van der Waals surface area (Å²) in [6, 6.07) is 77.5. The van der Waals surface area contributed by atoms with Crippen LogP contribution in [-0.4, -0.2) is 266 Å². The first-order valence-electron chi connectivity index (χ1n) is 51.3. The highest BCUT2D eigenvalue weighted by molar-refractivity contribution is 6.08. The first-order valence-corrected chi connectivity index (χ1v) is 51.3. The molecule has 3 unspecified atom stereocenters. The molecule has 20 aromatic rings. The van der Waals surface area contributed by atoms with Gasteiger partial charge in [-0.3, -0.25) is 79.7 Å². The minimum atomic E-state index is -0.224. The number of aromatic nitrogens is 10. The maximum Gasteiger partial charge on any atom is 0.265 e. The van der Waals surface area contributed by atoms with E-state index in [1.165, 1.54) is 22.0 Å². The van der Waals surface area contributed by atoms with Crippen molar-refractivity contribution in [3.63, 3.8) is 0 Å². The molecule has 0 aliphatic carbocycles. The van der Waals surface area contributed by atoms with Gasteiger partial charge in [-0.15, -0.1) is 0 Å². The van der Waals surface area contributed by atoms with Gasteiger partial charge < -0.3 is 40.0 Å². The maximum absolute atomic E-state index is 13.4. The predicted octanol–water partition coefficient (Wildman–Crippen LogP) is 16.0. The first kappa shape index (κ1) is 101. The summed E-state index contributed by atoms with van der Waals surface area (Å²) in [5.74, 6) is -0.672. The summed E-state index contributed by atoms with van der Waals surface area (Å²) >= 11 is 0. The average molecular weight is 1990 g/mol. The number of carbonyl (C=O) groups excluding carboxylic acids is 5. The van der Waals surface area contributed by atoms with E-state index in [-0.39, 0.29) is 63.4 Å². The molecule has 10 aromatic carbocycles. The Bertz CT molecular complexity index is 8970. The molecule has 0 spiro atoms. The lowest BCUT2D eigenvalue weighted by Gasteiger charge is -2.30. The Hall–Kier alpha value is -16.3. The summed E-state index contributed by atoms with van der Waals surface area (Å²) in [5, 5.41) is 18.8. The monoisotopic (exact) mass is 1990 g/mol. The number of likely N-dealkylation sites (tertiary alicyclic amines) is 3. The second kappa shape index (κ2) is 43.8. The van der Waals surface area contributed by atoms with Crippen molar-refractivity contribution in [3.8, 4) is 0 Å². The third-order valence-electron chi connectivity index (χ3n) is 29.5. The van der Waals surface area contributed by atoms with Gasteiger partial charge in [0.05, 0.1) is 82.3 Å². The van der Waals surface area contributed by atoms with Gasteiger partial charge in [-0.1, -0.05) is 149 Å². The number of benzene rings is 10. The molecule has 2 N–H and O–H groups in total. The van der Waals surface area contributed by atoms with Gasteiger partial charge in [0.15, 0.2) is 28.2 Å². The van der Waals surface area contributed by atoms with Crippen LogP contribution in [0.25, 0.3) is 137 Å². The molecule has 5 amide bonds. The highest BCUT2D eigenvalue weighted by atomic mass is 16.2. The van der Waals surface area contributed by atoms with Crippen molar-refractivity contribution < 1.29 is 24.0 Å². The van der Waals surface area contributed by atoms with E-state index in [4.69, 9.17) is 19.9 Å². The molecule has 3 atom stereocenters. The molecular formula is C119H122N20O10. The number of carbonyl (C=O) groups is 5. The zero-order valence-corrected chi connectivity index (χ0v) is 86.0. The van der Waals surface area contributed by atoms with E-state index < -0.39 is 0 Å². The predicted molar refractivity (Wildman–Crippen MR) is 595 cm³/mol. The summed E-state index contributed by atoms with van der Waals surface area (Å²) in [5.41, 5.74) is 6.41. The fraction of sp³-hybridized carbons (Fsp3) is 0.286. The van der Waals surface area contributed by atoms with Gasteiger partial charge in [0.25, 0.3) is 57.3 Å². The third kappa shape index (κ3) is 20.6. The normalized spacial score (nSPS) is 14.9. The lowest BCUT2D eigenvalue weighted by molar-refractivity contribution is 0.0736. The average Bonchev–Trinajstić information content (AvgIpc) is 1.33. The van der Waals surface area contributed by atoms with Gasteiger partial charge in [-0.05, 0) is 276 Å². The molecule has 30 nitrogen and oxygen atoms in total. The van der Waals surface area contributed by atoms with Gasteiger partial charge in [0.1, 0.15) is 0 Å². The van der Waals surface area contributed by atoms with E-state index in [0.29, 0.717) is 167 Å². The van der Waals surface area contributed by atoms with Crippen LogP contribution in [0.3, 0.4) is 0 Å². The van der Waals surface area contributed by atoms with Crippen molar-refractivity contribution in [1.29, 1.82) is 0 Å². The summed E-state index contributed by atoms with van der Waals surface area (Å²) in [7, 11) is 7.97. The van der Waals surface area contributed by atoms with Crippen molar-refractivity contribution in [2.24, 2.45) is 0 Å². The van der Waals surface area contributed by atoms with Crippen LogP contribution in [0.2, 0.25) is 0 Å². The van der Waals surface area contributed by atoms with Crippen LogP contribution in [0, 0.1) is 0 Å². The van der Waals surface area contributed by atoms with Crippen LogP contribution in [0.5, 0.6) is 0 Å². The summed E-state index contributed by atoms with van der Waals surface area (Å²) in [6.45, 7) is 28.2. The molecule has 3 aliphatic heterocycles. The maximum atomic E-state index is 13.4. The zero-order valence-electron chi connectivity index (χ0n) is 86.0. The molecule has 13 heterocycles. The van der Waals surface area contributed by atoms with E-state index in [0.717, 1.165) is 132 Å². The fourth-order valence-electron chi connectivity index (χ4n) is 21.1. The van der Waals surface area contributed by atoms with E-state index in [9.17, 15) is 47.9 Å². The summed E-state index contributed by atoms with van der Waals surface area (Å²) in [6.07, 6.45) is 11.3. The van der Waals surface area contributed by atoms with Gasteiger partial charge in [-0.25, -0.2) is 24.9 Å². The zero-order chi connectivity index (χ0) is 104. The van der Waals surface area contributed by atoms with Crippen molar-refractivity contribution in [1.82, 2.24) is 96.8 Å². The molecule has 30 heteroatoms. The molecule has 0 saturated carbocycles. The SMILES string of the molecule is CC(C)N(CCNC(=O)c1cccn2c(=O)c3cc4ccccc4cc3nc12)C(C)C.CCN(CC)C1CCN(C(=O)c2cccn3c(=O)c4cc5ccccc5cc4nc23)C1.CCN(CC)CCNC(=O)c1cccn2c(=O)c3cc4ccccc4cc3nc12.CN(C)C1CCN(C(=O)c2cccn3c(=O)c4cc5ccccc5cc4nc23)C1.CN1CCC(N(C)C(=O)c2cccn3c(=O)c4cc5ccccc5cc4nc23)C1. The minimum absolute atomic E-state index is 0.0557. The van der Waals surface area contributed by atoms with Crippen molar-refractivity contribution in [3.05, 3.63) is 353 Å². The lowest BCUT2D eigenvalue weighted by Crippen LogP contribution is -2.42. The molecular weight excluding hydrogens is 1870 g/mol. The third-order valence-corrected chi connectivity index (χ3v) is 29.5. The molecule has 758 valence electrons. The largest absolute Gasteiger partial charge is 0.351 e. The first-order chi connectivity index (χ1) is 72.1. The highest BCUT2D eigenvalue weighted by Crippen LogP contribution is 2.31. The Morgan fingerprint density at radius 2 is 0.617 bits per heavy atom. The van der Waals surface area contributed by atoms with Crippen LogP contribution < -0.4 is 38.4 Å². The number of amides is 5. The van der Waals surface area contributed by atoms with Gasteiger partial charge >= 0.3 is 0 Å². The van der Waals surface area contributed by atoms with E-state index in [1.807, 2.05) is 213 Å². The number of hydrogen-bond donors (Lipinski definition) is 2. The topological polar surface area (TPSA) is 307 Å². The van der Waals surface area contributed by atoms with E-state index >= 15 is 0 Å². The number of likely N-dealkylation sites (N-methyl/N-ethyl adjacent to an activating group) is 5. The molecule has 3 saturated heterocycles. The van der Waals surface area contributed by atoms with Gasteiger partial charge in [0.2, 0.25) is 0 Å². The van der Waals surface area contributed by atoms with E-state index in [2.05, 4.69) is 103 Å². The number of nitrogens with zero attached hydrogens (tertiary/aromatic N) is 18. The molecule has 3 aliphatic rings. The second-order valence-corrected chi connectivity index (χ2v) is 39.4. The minimum Gasteiger partial charge on any atom is -0.351 e. The standard InChI is InChI=1S/C25H26N4O2.C25H28N4O2.2C23H22N4O2.C23H24N4O2/c1-3-27(4-2)19-11-13-28(16-19)24(30)20-10-7-12-29-23(20)26-22-15-18-9-6-5-8-17(18)14-21(22)25(29)31;1-16(2)28(17(3)4)13-11-26-24(30)20-10-7-12-29-23(20)27-22-15-19-9-6-5-8-18(19)14-21(22)25(29)31;1-25-11-9-17(14-25)26(2)22(28)18-8-5-10-27-21(18)24-20-13-16-7-4-3-6-15(16)12-19(20)23(27)29;1-25(2)17-9-11-26(14-17)22(28)18-8-5-10-27-21(18)24-20-13-16-7-4-3-6-15(16)12-19(20)23(27)29;1-3-26(4-2)13-11-24-22(28)18-10-7-12-27-21(18)25-20-15-17-9-6-5-8-16(17)14-19(20)23(27)29/h5-10,12,14-15,19H,3-4,11,13,16H2,1-2H3;5-10,12,14-17H,11,13H2,1-4H3,(H,26,30);2*3-8,10,12-13,17H,9,11,14H2,1-2H3;5-10,12,14-15H,3-4,11,13H2,1-2H3,(H,24,28). The smallest absolute Gasteiger partial charge is 0.265 e. The summed E-state index contributed by atoms with van der Waals surface area (Å²) in [4.78, 5) is 172. The van der Waals surface area contributed by atoms with Crippen molar-refractivity contribution >= 4 is 166 Å². The molecule has 149 heavy (non-hydrogen) atoms. The Labute approximate surface area is 859 Å². The van der Waals surface area contributed by atoms with Crippen LogP contribution in [0.1, 0.15) is 126 Å². The van der Waals surface area contributed by atoms with Gasteiger partial charge in [0, 0.05) is 127 Å². The summed E-state index contributed by atoms with van der Waals surface area (Å²) < 4.78 is 7.39. The number of nitrogens with one attached hydrogen (secondary N) is 2. The van der Waals surface area contributed by atoms with E-state index in [1.54, 1.807) is 96.5 Å². The van der Waals surface area contributed by atoms with Crippen LogP contribution in [-0.2, 0) is 0 Å². The second-order valence-electron chi connectivity index (χ2n) is 39.4. The van der Waals surface area contributed by atoms with Crippen LogP contribution in [0.4, 0.5) is 0 Å². The fourth-order valence-corrected chi connectivity index (χ4v) is 21.1. The number of fused-ring (bicyclic) bond motifs is 15. The van der Waals surface area contributed by atoms with Crippen LogP contribution in [0.15, 0.2) is 298 Å². The Morgan fingerprint density at radius 1 is 0.336 bits per heavy atom. The molecule has 0 bridgehead atoms. The van der Waals surface area contributed by atoms with Crippen molar-refractivity contribution in [2.45, 2.75) is 105 Å². The molecule has 0 radical (unpaired) electrons. The number of pyridine rings is 5. The van der Waals surface area contributed by atoms with Gasteiger partial charge in [-0.2, -0.15) is 0 Å². The quantitative estimate of drug-likeness (QED) is 0.0670. The number of hydrogen-bond acceptors (Lipinski definition) is 20. The Kier molecular flexibility index (Phi) is 29.8. The Morgan fingerprint density at radius 3 is 0.913 bits per heavy atom. The molecule has 23 rings (SSSR count). The highest BCUT2D eigenvalue weighted by Gasteiger charge is 2.35. The number of rotatable bonds is 20. The lowest BCUT2D eigenvalue weighted by atomic mass is 10.1. The van der Waals surface area contributed by atoms with Crippen LogP contribution >= 0.6 is 0 Å². The Balaban J connectivity index is 0.000000117. The molecule has 3 fully saturated rings. The van der Waals surface area contributed by atoms with Crippen molar-refractivity contribution in [2.75, 3.05) is 120 Å². The molecule has 10 aromatic heterocycles.